The molecule has 0 aromatic rings. The van der Waals surface area contributed by atoms with E-state index in [2.05, 4.69) is 17.1 Å². The van der Waals surface area contributed by atoms with Crippen LogP contribution < -0.4 is 5.32 Å². The molecule has 2 N–H and O–H groups in total. The second-order valence-corrected chi connectivity index (χ2v) is 4.47. The van der Waals surface area contributed by atoms with Crippen molar-refractivity contribution < 1.29 is 14.7 Å². The summed E-state index contributed by atoms with van der Waals surface area (Å²) in [7, 11) is 0. The number of amides is 1. The van der Waals surface area contributed by atoms with Crippen LogP contribution in [0.3, 0.4) is 0 Å². The molecule has 1 fully saturated rings. The maximum atomic E-state index is 11.3. The highest BCUT2D eigenvalue weighted by Gasteiger charge is 2.16. The third-order valence-electron chi connectivity index (χ3n) is 2.83. The van der Waals surface area contributed by atoms with E-state index in [1.54, 1.807) is 0 Å². The molecule has 0 spiro atoms. The van der Waals surface area contributed by atoms with E-state index >= 15 is 0 Å². The van der Waals surface area contributed by atoms with Crippen molar-refractivity contribution in [3.63, 3.8) is 0 Å². The largest absolute Gasteiger partial charge is 0.480 e. The molecular weight excluding hydrogens is 208 g/mol. The Morgan fingerprint density at radius 1 is 1.50 bits per heavy atom. The molecule has 0 saturated carbocycles. The first-order chi connectivity index (χ1) is 7.58. The Balaban J connectivity index is 2.13. The smallest absolute Gasteiger partial charge is 0.322 e. The molecule has 1 aliphatic heterocycles. The maximum absolute atomic E-state index is 11.3. The molecule has 92 valence electrons. The van der Waals surface area contributed by atoms with Gasteiger partial charge in [-0.15, -0.1) is 0 Å². The van der Waals surface area contributed by atoms with E-state index in [0.717, 1.165) is 19.6 Å². The molecule has 0 radical (unpaired) electrons. The van der Waals surface area contributed by atoms with E-state index in [1.807, 2.05) is 0 Å². The van der Waals surface area contributed by atoms with Gasteiger partial charge in [-0.3, -0.25) is 9.59 Å². The molecule has 1 rings (SSSR count). The Morgan fingerprint density at radius 2 is 2.25 bits per heavy atom. The molecule has 0 aromatic heterocycles. The van der Waals surface area contributed by atoms with Gasteiger partial charge in [0, 0.05) is 19.5 Å². The number of rotatable bonds is 5. The standard InChI is InChI=1S/C11H20N2O3/c1-9-3-2-5-13(8-9)6-4-10(14)12-7-11(15)16/h9H,2-8H2,1H3,(H,12,14)(H,15,16). The first-order valence-electron chi connectivity index (χ1n) is 5.79. The molecule has 0 aromatic carbocycles. The third-order valence-corrected chi connectivity index (χ3v) is 2.83. The molecule has 1 aliphatic rings. The second kappa shape index (κ2) is 6.48. The van der Waals surface area contributed by atoms with Gasteiger partial charge in [-0.2, -0.15) is 0 Å². The molecule has 1 atom stereocenters. The number of nitrogens with zero attached hydrogens (tertiary/aromatic N) is 1. The summed E-state index contributed by atoms with van der Waals surface area (Å²) in [6.07, 6.45) is 2.85. The SMILES string of the molecule is CC1CCCN(CCC(=O)NCC(=O)O)C1. The lowest BCUT2D eigenvalue weighted by Gasteiger charge is -2.30. The van der Waals surface area contributed by atoms with Crippen molar-refractivity contribution in [3.8, 4) is 0 Å². The number of carbonyl (C=O) groups is 2. The lowest BCUT2D eigenvalue weighted by molar-refractivity contribution is -0.138. The Bertz CT molecular complexity index is 256. The number of likely N-dealkylation sites (tertiary alicyclic amines) is 1. The third kappa shape index (κ3) is 5.11. The number of hydrogen-bond donors (Lipinski definition) is 2. The summed E-state index contributed by atoms with van der Waals surface area (Å²) < 4.78 is 0. The van der Waals surface area contributed by atoms with Crippen LogP contribution in [-0.2, 0) is 9.59 Å². The number of hydrogen-bond acceptors (Lipinski definition) is 3. The van der Waals surface area contributed by atoms with Gasteiger partial charge >= 0.3 is 5.97 Å². The van der Waals surface area contributed by atoms with Crippen LogP contribution >= 0.6 is 0 Å². The molecule has 0 aliphatic carbocycles. The Hall–Kier alpha value is -1.10. The monoisotopic (exact) mass is 228 g/mol. The topological polar surface area (TPSA) is 69.6 Å². The van der Waals surface area contributed by atoms with E-state index in [4.69, 9.17) is 5.11 Å². The predicted octanol–water partition coefficient (Wildman–Crippen LogP) is 0.309. The van der Waals surface area contributed by atoms with Crippen molar-refractivity contribution in [2.45, 2.75) is 26.2 Å². The minimum Gasteiger partial charge on any atom is -0.480 e. The highest BCUT2D eigenvalue weighted by molar-refractivity contribution is 5.81. The summed E-state index contributed by atoms with van der Waals surface area (Å²) in [4.78, 5) is 23.8. The van der Waals surface area contributed by atoms with Gasteiger partial charge in [0.05, 0.1) is 0 Å². The summed E-state index contributed by atoms with van der Waals surface area (Å²) >= 11 is 0. The molecule has 5 nitrogen and oxygen atoms in total. The fourth-order valence-corrected chi connectivity index (χ4v) is 2.01. The molecule has 0 bridgehead atoms. The summed E-state index contributed by atoms with van der Waals surface area (Å²) in [5.41, 5.74) is 0. The van der Waals surface area contributed by atoms with Crippen molar-refractivity contribution >= 4 is 11.9 Å². The van der Waals surface area contributed by atoms with Crippen molar-refractivity contribution in [2.75, 3.05) is 26.2 Å². The quantitative estimate of drug-likeness (QED) is 0.710. The van der Waals surface area contributed by atoms with Crippen LogP contribution in [0, 0.1) is 5.92 Å². The highest BCUT2D eigenvalue weighted by atomic mass is 16.4. The normalized spacial score (nSPS) is 21.7. The van der Waals surface area contributed by atoms with E-state index in [0.29, 0.717) is 12.3 Å². The first-order valence-corrected chi connectivity index (χ1v) is 5.79. The van der Waals surface area contributed by atoms with Gasteiger partial charge in [0.15, 0.2) is 0 Å². The number of piperidine rings is 1. The molecule has 16 heavy (non-hydrogen) atoms. The molecule has 1 unspecified atom stereocenters. The summed E-state index contributed by atoms with van der Waals surface area (Å²) in [5.74, 6) is -0.476. The highest BCUT2D eigenvalue weighted by Crippen LogP contribution is 2.15. The second-order valence-electron chi connectivity index (χ2n) is 4.47. The molecule has 1 saturated heterocycles. The summed E-state index contributed by atoms with van der Waals surface area (Å²) in [5, 5.41) is 10.8. The minimum atomic E-state index is -1.00. The Kier molecular flexibility index (Phi) is 5.25. The fourth-order valence-electron chi connectivity index (χ4n) is 2.01. The molecular formula is C11H20N2O3. The maximum Gasteiger partial charge on any atom is 0.322 e. The minimum absolute atomic E-state index is 0.180. The van der Waals surface area contributed by atoms with Crippen molar-refractivity contribution in [1.82, 2.24) is 10.2 Å². The number of carboxylic acids is 1. The van der Waals surface area contributed by atoms with Crippen molar-refractivity contribution in [1.29, 1.82) is 0 Å². The van der Waals surface area contributed by atoms with Crippen LogP contribution in [0.5, 0.6) is 0 Å². The van der Waals surface area contributed by atoms with Gasteiger partial charge in [0.1, 0.15) is 6.54 Å². The summed E-state index contributed by atoms with van der Waals surface area (Å²) in [6.45, 7) is 4.77. The zero-order chi connectivity index (χ0) is 12.0. The molecule has 5 heteroatoms. The van der Waals surface area contributed by atoms with Gasteiger partial charge in [-0.1, -0.05) is 6.92 Å². The van der Waals surface area contributed by atoms with Gasteiger partial charge in [-0.05, 0) is 25.3 Å². The van der Waals surface area contributed by atoms with E-state index in [-0.39, 0.29) is 12.5 Å². The van der Waals surface area contributed by atoms with E-state index < -0.39 is 5.97 Å². The number of aliphatic carboxylic acids is 1. The van der Waals surface area contributed by atoms with Gasteiger partial charge in [-0.25, -0.2) is 0 Å². The van der Waals surface area contributed by atoms with Crippen LogP contribution in [0.1, 0.15) is 26.2 Å². The average Bonchev–Trinajstić information content (AvgIpc) is 2.23. The lowest BCUT2D eigenvalue weighted by atomic mass is 10.0. The van der Waals surface area contributed by atoms with Crippen LogP contribution in [0.4, 0.5) is 0 Å². The van der Waals surface area contributed by atoms with E-state index in [9.17, 15) is 9.59 Å². The van der Waals surface area contributed by atoms with Crippen LogP contribution in [0.25, 0.3) is 0 Å². The zero-order valence-corrected chi connectivity index (χ0v) is 9.74. The predicted molar refractivity (Wildman–Crippen MR) is 60.1 cm³/mol. The van der Waals surface area contributed by atoms with Crippen molar-refractivity contribution in [3.05, 3.63) is 0 Å². The number of carbonyl (C=O) groups excluding carboxylic acids is 1. The Morgan fingerprint density at radius 3 is 2.88 bits per heavy atom. The van der Waals surface area contributed by atoms with Crippen LogP contribution in [0.2, 0.25) is 0 Å². The summed E-state index contributed by atoms with van der Waals surface area (Å²) in [6, 6.07) is 0. The lowest BCUT2D eigenvalue weighted by Crippen LogP contribution is -2.38. The van der Waals surface area contributed by atoms with Gasteiger partial charge in [0.25, 0.3) is 0 Å². The molecule has 1 amide bonds. The van der Waals surface area contributed by atoms with Gasteiger partial charge < -0.3 is 15.3 Å². The number of carboxylic acid groups (broad SMARTS) is 1. The van der Waals surface area contributed by atoms with Crippen LogP contribution in [-0.4, -0.2) is 48.1 Å². The average molecular weight is 228 g/mol. The van der Waals surface area contributed by atoms with E-state index in [1.165, 1.54) is 12.8 Å². The zero-order valence-electron chi connectivity index (χ0n) is 9.74. The molecule has 1 heterocycles. The fraction of sp³-hybridized carbons (Fsp3) is 0.818. The number of nitrogens with one attached hydrogen (secondary N) is 1. The van der Waals surface area contributed by atoms with Gasteiger partial charge in [0.2, 0.25) is 5.91 Å². The first kappa shape index (κ1) is 13.0. The van der Waals surface area contributed by atoms with Crippen LogP contribution in [0.15, 0.2) is 0 Å². The Labute approximate surface area is 95.8 Å². The van der Waals surface area contributed by atoms with Crippen molar-refractivity contribution in [2.24, 2.45) is 5.92 Å².